The Morgan fingerprint density at radius 1 is 0.906 bits per heavy atom. The molecule has 1 aromatic heterocycles. The van der Waals surface area contributed by atoms with E-state index in [4.69, 9.17) is 4.98 Å². The first-order chi connectivity index (χ1) is 15.3. The summed E-state index contributed by atoms with van der Waals surface area (Å²) in [6.45, 7) is 4.16. The standard InChI is InChI=1S/C24H21FN4O2S/c1-16-7-12-22(17(2)13-16)32(30,31)29-15-28(14-18-8-10-19(25)11-9-18)23-24(29)27-21-6-4-3-5-20(21)26-23/h3-13H,14-15H2,1-2H3. The highest BCUT2D eigenvalue weighted by Crippen LogP contribution is 2.39. The van der Waals surface area contributed by atoms with Crippen molar-refractivity contribution in [3.05, 3.63) is 89.2 Å². The number of aryl methyl sites for hydroxylation is 2. The molecular formula is C24H21FN4O2S. The second-order valence-electron chi connectivity index (χ2n) is 7.95. The minimum absolute atomic E-state index is 0.0681. The zero-order valence-corrected chi connectivity index (χ0v) is 18.5. The molecule has 0 atom stereocenters. The SMILES string of the molecule is Cc1ccc(S(=O)(=O)N2CN(Cc3ccc(F)cc3)c3nc4ccccc4nc32)c(C)c1. The summed E-state index contributed by atoms with van der Waals surface area (Å²) in [4.78, 5) is 11.5. The van der Waals surface area contributed by atoms with Crippen molar-refractivity contribution in [1.29, 1.82) is 0 Å². The molecule has 6 nitrogen and oxygen atoms in total. The predicted molar refractivity (Wildman–Crippen MR) is 123 cm³/mol. The highest BCUT2D eigenvalue weighted by atomic mass is 32.2. The molecule has 0 amide bonds. The Morgan fingerprint density at radius 2 is 1.56 bits per heavy atom. The van der Waals surface area contributed by atoms with Gasteiger partial charge in [-0.15, -0.1) is 0 Å². The Labute approximate surface area is 186 Å². The molecule has 3 aromatic carbocycles. The van der Waals surface area contributed by atoms with Gasteiger partial charge < -0.3 is 4.90 Å². The van der Waals surface area contributed by atoms with Gasteiger partial charge in [0.1, 0.15) is 12.5 Å². The second kappa shape index (κ2) is 7.56. The largest absolute Gasteiger partial charge is 0.330 e. The van der Waals surface area contributed by atoms with Crippen molar-refractivity contribution in [1.82, 2.24) is 9.97 Å². The number of para-hydroxylation sites is 2. The van der Waals surface area contributed by atoms with E-state index >= 15 is 0 Å². The average molecular weight is 449 g/mol. The fourth-order valence-electron chi connectivity index (χ4n) is 3.98. The van der Waals surface area contributed by atoms with Gasteiger partial charge in [0.15, 0.2) is 11.6 Å². The zero-order valence-electron chi connectivity index (χ0n) is 17.7. The van der Waals surface area contributed by atoms with E-state index in [2.05, 4.69) is 4.98 Å². The topological polar surface area (TPSA) is 66.4 Å². The van der Waals surface area contributed by atoms with Crippen molar-refractivity contribution in [2.45, 2.75) is 25.3 Å². The maximum atomic E-state index is 13.7. The predicted octanol–water partition coefficient (Wildman–Crippen LogP) is 4.56. The minimum atomic E-state index is -3.87. The lowest BCUT2D eigenvalue weighted by atomic mass is 10.2. The van der Waals surface area contributed by atoms with Crippen molar-refractivity contribution >= 4 is 32.7 Å². The molecule has 5 rings (SSSR count). The molecule has 0 aliphatic carbocycles. The molecule has 162 valence electrons. The first-order valence-corrected chi connectivity index (χ1v) is 11.6. The Hall–Kier alpha value is -3.52. The third kappa shape index (κ3) is 3.46. The smallest absolute Gasteiger partial charge is 0.267 e. The summed E-state index contributed by atoms with van der Waals surface area (Å²) in [5.74, 6) is 0.465. The van der Waals surface area contributed by atoms with Gasteiger partial charge in [0, 0.05) is 6.54 Å². The number of fused-ring (bicyclic) bond motifs is 2. The molecule has 0 saturated heterocycles. The van der Waals surface area contributed by atoms with Crippen LogP contribution in [0.3, 0.4) is 0 Å². The molecule has 4 aromatic rings. The van der Waals surface area contributed by atoms with Crippen molar-refractivity contribution < 1.29 is 12.8 Å². The monoisotopic (exact) mass is 448 g/mol. The number of hydrogen-bond acceptors (Lipinski definition) is 5. The van der Waals surface area contributed by atoms with Crippen LogP contribution in [0, 0.1) is 19.7 Å². The van der Waals surface area contributed by atoms with Crippen LogP contribution in [0.15, 0.2) is 71.6 Å². The van der Waals surface area contributed by atoms with Crippen molar-refractivity contribution in [3.63, 3.8) is 0 Å². The van der Waals surface area contributed by atoms with E-state index in [0.717, 1.165) is 11.1 Å². The van der Waals surface area contributed by atoms with E-state index in [1.165, 1.54) is 16.4 Å². The van der Waals surface area contributed by atoms with Crippen LogP contribution in [0.25, 0.3) is 11.0 Å². The molecule has 0 bridgehead atoms. The van der Waals surface area contributed by atoms with Crippen molar-refractivity contribution in [3.8, 4) is 0 Å². The van der Waals surface area contributed by atoms with Crippen LogP contribution in [-0.2, 0) is 16.6 Å². The summed E-state index contributed by atoms with van der Waals surface area (Å²) < 4.78 is 42.1. The van der Waals surface area contributed by atoms with E-state index in [1.54, 1.807) is 31.2 Å². The molecule has 8 heteroatoms. The quantitative estimate of drug-likeness (QED) is 0.458. The summed E-state index contributed by atoms with van der Waals surface area (Å²) in [6, 6.07) is 18.8. The molecule has 0 unspecified atom stereocenters. The number of aromatic nitrogens is 2. The van der Waals surface area contributed by atoms with Gasteiger partial charge in [0.2, 0.25) is 0 Å². The number of hydrogen-bond donors (Lipinski definition) is 0. The van der Waals surface area contributed by atoms with Gasteiger partial charge in [-0.1, -0.05) is 42.0 Å². The van der Waals surface area contributed by atoms with Crippen LogP contribution in [-0.4, -0.2) is 25.1 Å². The Morgan fingerprint density at radius 3 is 2.22 bits per heavy atom. The van der Waals surface area contributed by atoms with Crippen LogP contribution in [0.1, 0.15) is 16.7 Å². The normalized spacial score (nSPS) is 13.6. The molecule has 0 fully saturated rings. The Balaban J connectivity index is 1.63. The molecular weight excluding hydrogens is 427 g/mol. The fourth-order valence-corrected chi connectivity index (χ4v) is 5.57. The molecule has 1 aliphatic rings. The highest BCUT2D eigenvalue weighted by molar-refractivity contribution is 7.93. The van der Waals surface area contributed by atoms with E-state index in [0.29, 0.717) is 34.8 Å². The number of halogens is 1. The molecule has 0 saturated carbocycles. The van der Waals surface area contributed by atoms with Gasteiger partial charge in [0.25, 0.3) is 10.0 Å². The van der Waals surface area contributed by atoms with Crippen LogP contribution < -0.4 is 9.21 Å². The number of anilines is 2. The highest BCUT2D eigenvalue weighted by Gasteiger charge is 2.38. The van der Waals surface area contributed by atoms with E-state index < -0.39 is 10.0 Å². The van der Waals surface area contributed by atoms with Crippen molar-refractivity contribution in [2.75, 3.05) is 15.9 Å². The van der Waals surface area contributed by atoms with Crippen molar-refractivity contribution in [2.24, 2.45) is 0 Å². The summed E-state index contributed by atoms with van der Waals surface area (Å²) in [5, 5.41) is 0. The van der Waals surface area contributed by atoms with Crippen LogP contribution in [0.4, 0.5) is 16.0 Å². The summed E-state index contributed by atoms with van der Waals surface area (Å²) in [7, 11) is -3.87. The average Bonchev–Trinajstić information content (AvgIpc) is 3.11. The zero-order chi connectivity index (χ0) is 22.5. The summed E-state index contributed by atoms with van der Waals surface area (Å²) in [6.07, 6.45) is 0. The number of nitrogens with zero attached hydrogens (tertiary/aromatic N) is 4. The minimum Gasteiger partial charge on any atom is -0.330 e. The lowest BCUT2D eigenvalue weighted by Crippen LogP contribution is -2.36. The third-order valence-electron chi connectivity index (χ3n) is 5.55. The first kappa shape index (κ1) is 20.4. The molecule has 1 aliphatic heterocycles. The molecule has 2 heterocycles. The maximum absolute atomic E-state index is 13.7. The second-order valence-corrected chi connectivity index (χ2v) is 9.78. The van der Waals surface area contributed by atoms with E-state index in [-0.39, 0.29) is 17.4 Å². The number of benzene rings is 3. The lowest BCUT2D eigenvalue weighted by molar-refractivity contribution is 0.590. The Bertz CT molecular complexity index is 1440. The van der Waals surface area contributed by atoms with E-state index in [1.807, 2.05) is 42.2 Å². The third-order valence-corrected chi connectivity index (χ3v) is 7.44. The lowest BCUT2D eigenvalue weighted by Gasteiger charge is -2.21. The Kier molecular flexibility index (Phi) is 4.82. The van der Waals surface area contributed by atoms with Gasteiger partial charge in [-0.2, -0.15) is 0 Å². The van der Waals surface area contributed by atoms with Gasteiger partial charge >= 0.3 is 0 Å². The molecule has 0 spiro atoms. The molecule has 0 N–H and O–H groups in total. The van der Waals surface area contributed by atoms with Gasteiger partial charge in [0.05, 0.1) is 15.9 Å². The fraction of sp³-hybridized carbons (Fsp3) is 0.167. The van der Waals surface area contributed by atoms with Crippen LogP contribution >= 0.6 is 0 Å². The van der Waals surface area contributed by atoms with Gasteiger partial charge in [-0.05, 0) is 55.3 Å². The van der Waals surface area contributed by atoms with Gasteiger partial charge in [-0.3, -0.25) is 0 Å². The molecule has 0 radical (unpaired) electrons. The van der Waals surface area contributed by atoms with E-state index in [9.17, 15) is 12.8 Å². The summed E-state index contributed by atoms with van der Waals surface area (Å²) in [5.41, 5.74) is 3.82. The maximum Gasteiger partial charge on any atom is 0.267 e. The summed E-state index contributed by atoms with van der Waals surface area (Å²) >= 11 is 0. The number of sulfonamides is 1. The molecule has 32 heavy (non-hydrogen) atoms. The van der Waals surface area contributed by atoms with Crippen LogP contribution in [0.2, 0.25) is 0 Å². The van der Waals surface area contributed by atoms with Gasteiger partial charge in [-0.25, -0.2) is 27.1 Å². The van der Waals surface area contributed by atoms with Crippen LogP contribution in [0.5, 0.6) is 0 Å². The first-order valence-electron chi connectivity index (χ1n) is 10.2. The number of rotatable bonds is 4.